The second kappa shape index (κ2) is 4.22. The Labute approximate surface area is 89.7 Å². The predicted octanol–water partition coefficient (Wildman–Crippen LogP) is 3.59. The zero-order valence-corrected chi connectivity index (χ0v) is 10.6. The Hall–Kier alpha value is -0.0400. The van der Waals surface area contributed by atoms with Gasteiger partial charge in [-0.2, -0.15) is 0 Å². The molecule has 0 bridgehead atoms. The molecule has 1 aliphatic carbocycles. The van der Waals surface area contributed by atoms with Crippen LogP contribution < -0.4 is 5.32 Å². The maximum atomic E-state index is 3.65. The Morgan fingerprint density at radius 3 is 2.14 bits per heavy atom. The summed E-state index contributed by atoms with van der Waals surface area (Å²) in [7, 11) is 0. The molecule has 14 heavy (non-hydrogen) atoms. The van der Waals surface area contributed by atoms with E-state index in [2.05, 4.69) is 39.9 Å². The first-order chi connectivity index (χ1) is 6.33. The highest BCUT2D eigenvalue weighted by atomic mass is 15.0. The molecule has 0 amide bonds. The number of hydrogen-bond acceptors (Lipinski definition) is 1. The fourth-order valence-corrected chi connectivity index (χ4v) is 1.74. The average Bonchev–Trinajstić information content (AvgIpc) is 2.77. The van der Waals surface area contributed by atoms with Crippen LogP contribution in [-0.4, -0.2) is 12.1 Å². The van der Waals surface area contributed by atoms with Crippen LogP contribution in [0, 0.1) is 11.3 Å². The molecule has 1 aliphatic rings. The van der Waals surface area contributed by atoms with Gasteiger partial charge >= 0.3 is 0 Å². The molecule has 0 aromatic rings. The van der Waals surface area contributed by atoms with Gasteiger partial charge in [-0.1, -0.05) is 20.3 Å². The summed E-state index contributed by atoms with van der Waals surface area (Å²) >= 11 is 0. The van der Waals surface area contributed by atoms with Gasteiger partial charge in [0, 0.05) is 12.1 Å². The summed E-state index contributed by atoms with van der Waals surface area (Å²) in [6.45, 7) is 12.6. The lowest BCUT2D eigenvalue weighted by Gasteiger charge is -2.25. The van der Waals surface area contributed by atoms with Crippen LogP contribution >= 0.6 is 0 Å². The topological polar surface area (TPSA) is 12.0 Å². The smallest absolute Gasteiger partial charge is 0.00967 e. The fraction of sp³-hybridized carbons (Fsp3) is 1.00. The van der Waals surface area contributed by atoms with Crippen molar-refractivity contribution in [3.63, 3.8) is 0 Å². The minimum Gasteiger partial charge on any atom is -0.312 e. The van der Waals surface area contributed by atoms with Crippen LogP contribution in [0.1, 0.15) is 60.3 Å². The van der Waals surface area contributed by atoms with Crippen molar-refractivity contribution in [3.05, 3.63) is 0 Å². The third-order valence-corrected chi connectivity index (χ3v) is 3.20. The van der Waals surface area contributed by atoms with Crippen molar-refractivity contribution in [1.82, 2.24) is 5.32 Å². The monoisotopic (exact) mass is 197 g/mol. The molecule has 1 fully saturated rings. The Kier molecular flexibility index (Phi) is 3.63. The third kappa shape index (κ3) is 4.45. The highest BCUT2D eigenvalue weighted by molar-refractivity contribution is 4.96. The van der Waals surface area contributed by atoms with Gasteiger partial charge < -0.3 is 5.32 Å². The number of nitrogens with one attached hydrogen (secondary N) is 1. The zero-order valence-electron chi connectivity index (χ0n) is 10.6. The van der Waals surface area contributed by atoms with Gasteiger partial charge in [0.1, 0.15) is 0 Å². The van der Waals surface area contributed by atoms with E-state index in [1.807, 2.05) is 0 Å². The van der Waals surface area contributed by atoms with Crippen LogP contribution in [0.4, 0.5) is 0 Å². The van der Waals surface area contributed by atoms with E-state index in [1.165, 1.54) is 32.2 Å². The number of rotatable bonds is 5. The molecular weight excluding hydrogens is 170 g/mol. The van der Waals surface area contributed by atoms with E-state index in [0.717, 1.165) is 5.92 Å². The fourth-order valence-electron chi connectivity index (χ4n) is 1.74. The van der Waals surface area contributed by atoms with Gasteiger partial charge in [-0.05, 0) is 51.4 Å². The first-order valence-corrected chi connectivity index (χ1v) is 6.08. The standard InChI is InChI=1S/C13H27N/c1-11(2)6-7-13(8-9-13)10-14-12(3,4)5/h11,14H,6-10H2,1-5H3. The molecule has 0 saturated heterocycles. The minimum absolute atomic E-state index is 0.285. The Bertz CT molecular complexity index is 172. The van der Waals surface area contributed by atoms with Crippen molar-refractivity contribution in [2.75, 3.05) is 6.54 Å². The molecule has 0 aromatic heterocycles. The first-order valence-electron chi connectivity index (χ1n) is 6.08. The molecule has 1 nitrogen and oxygen atoms in total. The lowest BCUT2D eigenvalue weighted by atomic mass is 9.94. The zero-order chi connectivity index (χ0) is 10.8. The molecule has 84 valence electrons. The minimum atomic E-state index is 0.285. The summed E-state index contributed by atoms with van der Waals surface area (Å²) in [5, 5.41) is 3.65. The van der Waals surface area contributed by atoms with Gasteiger partial charge in [0.05, 0.1) is 0 Å². The Morgan fingerprint density at radius 2 is 1.79 bits per heavy atom. The molecule has 0 heterocycles. The predicted molar refractivity (Wildman–Crippen MR) is 63.5 cm³/mol. The van der Waals surface area contributed by atoms with Crippen LogP contribution in [0.15, 0.2) is 0 Å². The van der Waals surface area contributed by atoms with Crippen molar-refractivity contribution >= 4 is 0 Å². The second-order valence-corrected chi connectivity index (χ2v) is 6.54. The molecular formula is C13H27N. The normalized spacial score (nSPS) is 20.1. The molecule has 0 spiro atoms. The van der Waals surface area contributed by atoms with Crippen molar-refractivity contribution in [2.24, 2.45) is 11.3 Å². The van der Waals surface area contributed by atoms with Crippen molar-refractivity contribution in [3.8, 4) is 0 Å². The molecule has 0 aromatic carbocycles. The molecule has 0 atom stereocenters. The molecule has 1 rings (SSSR count). The summed E-state index contributed by atoms with van der Waals surface area (Å²) in [6.07, 6.45) is 5.71. The highest BCUT2D eigenvalue weighted by Gasteiger charge is 2.42. The summed E-state index contributed by atoms with van der Waals surface area (Å²) < 4.78 is 0. The van der Waals surface area contributed by atoms with Gasteiger partial charge in [-0.25, -0.2) is 0 Å². The molecule has 0 aliphatic heterocycles. The molecule has 1 heteroatoms. The Balaban J connectivity index is 2.22. The quantitative estimate of drug-likeness (QED) is 0.710. The van der Waals surface area contributed by atoms with E-state index >= 15 is 0 Å². The van der Waals surface area contributed by atoms with Crippen molar-refractivity contribution in [2.45, 2.75) is 65.8 Å². The van der Waals surface area contributed by atoms with Crippen LogP contribution in [0.25, 0.3) is 0 Å². The van der Waals surface area contributed by atoms with Crippen molar-refractivity contribution in [1.29, 1.82) is 0 Å². The van der Waals surface area contributed by atoms with E-state index in [1.54, 1.807) is 0 Å². The van der Waals surface area contributed by atoms with Gasteiger partial charge in [0.15, 0.2) is 0 Å². The van der Waals surface area contributed by atoms with Gasteiger partial charge in [-0.3, -0.25) is 0 Å². The van der Waals surface area contributed by atoms with E-state index in [0.29, 0.717) is 5.41 Å². The second-order valence-electron chi connectivity index (χ2n) is 6.54. The maximum Gasteiger partial charge on any atom is 0.00967 e. The van der Waals surface area contributed by atoms with Crippen molar-refractivity contribution < 1.29 is 0 Å². The third-order valence-electron chi connectivity index (χ3n) is 3.20. The summed E-state index contributed by atoms with van der Waals surface area (Å²) in [6, 6.07) is 0. The SMILES string of the molecule is CC(C)CCC1(CNC(C)(C)C)CC1. The maximum absolute atomic E-state index is 3.65. The van der Waals surface area contributed by atoms with E-state index in [-0.39, 0.29) is 5.54 Å². The largest absolute Gasteiger partial charge is 0.312 e. The number of hydrogen-bond donors (Lipinski definition) is 1. The first kappa shape index (κ1) is 12.0. The summed E-state index contributed by atoms with van der Waals surface area (Å²) in [5.41, 5.74) is 0.963. The average molecular weight is 197 g/mol. The van der Waals surface area contributed by atoms with Gasteiger partial charge in [0.2, 0.25) is 0 Å². The Morgan fingerprint density at radius 1 is 1.21 bits per heavy atom. The highest BCUT2D eigenvalue weighted by Crippen LogP contribution is 2.49. The summed E-state index contributed by atoms with van der Waals surface area (Å²) in [5.74, 6) is 0.863. The van der Waals surface area contributed by atoms with Crippen LogP contribution in [-0.2, 0) is 0 Å². The van der Waals surface area contributed by atoms with E-state index < -0.39 is 0 Å². The van der Waals surface area contributed by atoms with Crippen LogP contribution in [0.2, 0.25) is 0 Å². The lowest BCUT2D eigenvalue weighted by molar-refractivity contribution is 0.327. The molecule has 0 radical (unpaired) electrons. The molecule has 0 unspecified atom stereocenters. The summed E-state index contributed by atoms with van der Waals surface area (Å²) in [4.78, 5) is 0. The van der Waals surface area contributed by atoms with E-state index in [9.17, 15) is 0 Å². The molecule has 1 saturated carbocycles. The van der Waals surface area contributed by atoms with E-state index in [4.69, 9.17) is 0 Å². The van der Waals surface area contributed by atoms with Gasteiger partial charge in [0.25, 0.3) is 0 Å². The van der Waals surface area contributed by atoms with Gasteiger partial charge in [-0.15, -0.1) is 0 Å². The molecule has 1 N–H and O–H groups in total. The van der Waals surface area contributed by atoms with Crippen LogP contribution in [0.5, 0.6) is 0 Å². The van der Waals surface area contributed by atoms with Crippen LogP contribution in [0.3, 0.4) is 0 Å². The lowest BCUT2D eigenvalue weighted by Crippen LogP contribution is -2.39.